The van der Waals surface area contributed by atoms with Crippen molar-refractivity contribution in [2.45, 2.75) is 50.7 Å². The molecule has 2 nitrogen and oxygen atoms in total. The highest BCUT2D eigenvalue weighted by molar-refractivity contribution is 9.10. The van der Waals surface area contributed by atoms with Crippen LogP contribution in [0.1, 0.15) is 37.7 Å². The molecule has 106 valence electrons. The molecule has 0 saturated carbocycles. The Balaban J connectivity index is 1.75. The first kappa shape index (κ1) is 15.0. The predicted molar refractivity (Wildman–Crippen MR) is 83.5 cm³/mol. The molecule has 1 saturated heterocycles. The van der Waals surface area contributed by atoms with Crippen LogP contribution in [0.25, 0.3) is 0 Å². The Labute approximate surface area is 125 Å². The maximum atomic E-state index is 5.68. The van der Waals surface area contributed by atoms with Gasteiger partial charge in [-0.2, -0.15) is 0 Å². The van der Waals surface area contributed by atoms with Crippen molar-refractivity contribution >= 4 is 15.9 Å². The van der Waals surface area contributed by atoms with Crippen LogP contribution in [0.5, 0.6) is 0 Å². The molecular weight excluding hydrogens is 302 g/mol. The van der Waals surface area contributed by atoms with E-state index >= 15 is 0 Å². The molecule has 0 spiro atoms. The normalized spacial score (nSPS) is 20.6. The number of halogens is 1. The van der Waals surface area contributed by atoms with Crippen LogP contribution in [0.15, 0.2) is 28.7 Å². The highest BCUT2D eigenvalue weighted by atomic mass is 79.9. The van der Waals surface area contributed by atoms with E-state index in [1.54, 1.807) is 0 Å². The van der Waals surface area contributed by atoms with E-state index in [0.29, 0.717) is 12.1 Å². The fourth-order valence-corrected chi connectivity index (χ4v) is 3.19. The van der Waals surface area contributed by atoms with Crippen molar-refractivity contribution in [2.24, 2.45) is 0 Å². The van der Waals surface area contributed by atoms with Crippen LogP contribution in [-0.2, 0) is 11.2 Å². The smallest absolute Gasteiger partial charge is 0.0576 e. The first-order chi connectivity index (χ1) is 9.29. The molecule has 1 aromatic carbocycles. The first-order valence-electron chi connectivity index (χ1n) is 7.32. The summed E-state index contributed by atoms with van der Waals surface area (Å²) in [6.07, 6.45) is 7.81. The minimum Gasteiger partial charge on any atom is -0.378 e. The Bertz CT molecular complexity index is 377. The van der Waals surface area contributed by atoms with E-state index in [2.05, 4.69) is 52.6 Å². The standard InChI is InChI=1S/C16H24BrNO/c1-18-14(7-4-8-15-9-5-11-19-15)12-13-6-2-3-10-16(13)17/h2-3,6,10,14-15,18H,4-5,7-9,11-12H2,1H3. The molecule has 1 heterocycles. The fraction of sp³-hybridized carbons (Fsp3) is 0.625. The van der Waals surface area contributed by atoms with Crippen molar-refractivity contribution in [1.29, 1.82) is 0 Å². The molecule has 2 unspecified atom stereocenters. The molecule has 19 heavy (non-hydrogen) atoms. The van der Waals surface area contributed by atoms with E-state index in [0.717, 1.165) is 13.0 Å². The number of rotatable bonds is 7. The molecule has 1 N–H and O–H groups in total. The molecule has 2 atom stereocenters. The molecule has 0 aromatic heterocycles. The van der Waals surface area contributed by atoms with E-state index in [4.69, 9.17) is 4.74 Å². The van der Waals surface area contributed by atoms with E-state index in [-0.39, 0.29) is 0 Å². The number of hydrogen-bond donors (Lipinski definition) is 1. The molecule has 1 aromatic rings. The summed E-state index contributed by atoms with van der Waals surface area (Å²) in [5, 5.41) is 3.44. The third-order valence-corrected chi connectivity index (χ3v) is 4.71. The van der Waals surface area contributed by atoms with Crippen LogP contribution in [0, 0.1) is 0 Å². The quantitative estimate of drug-likeness (QED) is 0.820. The predicted octanol–water partition coefficient (Wildman–Crippen LogP) is 3.93. The summed E-state index contributed by atoms with van der Waals surface area (Å²) in [5.41, 5.74) is 1.39. The van der Waals surface area contributed by atoms with Gasteiger partial charge in [0.15, 0.2) is 0 Å². The Kier molecular flexibility index (Phi) is 6.35. The average molecular weight is 326 g/mol. The van der Waals surface area contributed by atoms with E-state index in [1.165, 1.54) is 42.1 Å². The van der Waals surface area contributed by atoms with Crippen molar-refractivity contribution in [1.82, 2.24) is 5.32 Å². The lowest BCUT2D eigenvalue weighted by molar-refractivity contribution is 0.101. The van der Waals surface area contributed by atoms with Crippen LogP contribution in [0.4, 0.5) is 0 Å². The Morgan fingerprint density at radius 2 is 2.26 bits per heavy atom. The third kappa shape index (κ3) is 4.90. The van der Waals surface area contributed by atoms with Crippen LogP contribution < -0.4 is 5.32 Å². The summed E-state index contributed by atoms with van der Waals surface area (Å²) >= 11 is 3.63. The van der Waals surface area contributed by atoms with E-state index < -0.39 is 0 Å². The Hall–Kier alpha value is -0.380. The molecule has 0 bridgehead atoms. The second-order valence-electron chi connectivity index (χ2n) is 5.35. The van der Waals surface area contributed by atoms with Gasteiger partial charge in [-0.05, 0) is 57.2 Å². The topological polar surface area (TPSA) is 21.3 Å². The lowest BCUT2D eigenvalue weighted by atomic mass is 9.99. The summed E-state index contributed by atoms with van der Waals surface area (Å²) < 4.78 is 6.89. The summed E-state index contributed by atoms with van der Waals surface area (Å²) in [6.45, 7) is 0.969. The zero-order valence-electron chi connectivity index (χ0n) is 11.7. The van der Waals surface area contributed by atoms with Gasteiger partial charge in [0, 0.05) is 17.1 Å². The summed E-state index contributed by atoms with van der Waals surface area (Å²) in [5.74, 6) is 0. The molecule has 3 heteroatoms. The van der Waals surface area contributed by atoms with Gasteiger partial charge in [-0.15, -0.1) is 0 Å². The van der Waals surface area contributed by atoms with E-state index in [9.17, 15) is 0 Å². The van der Waals surface area contributed by atoms with Gasteiger partial charge >= 0.3 is 0 Å². The van der Waals surface area contributed by atoms with Gasteiger partial charge in [0.05, 0.1) is 6.10 Å². The number of nitrogens with one attached hydrogen (secondary N) is 1. The highest BCUT2D eigenvalue weighted by Gasteiger charge is 2.16. The summed E-state index contributed by atoms with van der Waals surface area (Å²) in [6, 6.07) is 9.06. The molecular formula is C16H24BrNO. The van der Waals surface area contributed by atoms with Crippen molar-refractivity contribution in [3.05, 3.63) is 34.3 Å². The molecule has 0 amide bonds. The molecule has 0 aliphatic carbocycles. The second kappa shape index (κ2) is 8.03. The maximum Gasteiger partial charge on any atom is 0.0576 e. The molecule has 2 rings (SSSR count). The van der Waals surface area contributed by atoms with Crippen molar-refractivity contribution in [3.8, 4) is 0 Å². The zero-order chi connectivity index (χ0) is 13.5. The maximum absolute atomic E-state index is 5.68. The van der Waals surface area contributed by atoms with Gasteiger partial charge in [0.1, 0.15) is 0 Å². The van der Waals surface area contributed by atoms with Crippen LogP contribution >= 0.6 is 15.9 Å². The number of ether oxygens (including phenoxy) is 1. The van der Waals surface area contributed by atoms with Crippen LogP contribution in [0.3, 0.4) is 0 Å². The molecule has 0 radical (unpaired) electrons. The van der Waals surface area contributed by atoms with Gasteiger partial charge < -0.3 is 10.1 Å². The Morgan fingerprint density at radius 1 is 1.42 bits per heavy atom. The van der Waals surface area contributed by atoms with Crippen molar-refractivity contribution < 1.29 is 4.74 Å². The van der Waals surface area contributed by atoms with Gasteiger partial charge in [0.2, 0.25) is 0 Å². The van der Waals surface area contributed by atoms with Crippen molar-refractivity contribution in [2.75, 3.05) is 13.7 Å². The fourth-order valence-electron chi connectivity index (χ4n) is 2.74. The lowest BCUT2D eigenvalue weighted by Crippen LogP contribution is -2.28. The largest absolute Gasteiger partial charge is 0.378 e. The number of benzene rings is 1. The monoisotopic (exact) mass is 325 g/mol. The van der Waals surface area contributed by atoms with Crippen molar-refractivity contribution in [3.63, 3.8) is 0 Å². The molecule has 1 fully saturated rings. The lowest BCUT2D eigenvalue weighted by Gasteiger charge is -2.18. The number of hydrogen-bond acceptors (Lipinski definition) is 2. The third-order valence-electron chi connectivity index (χ3n) is 3.94. The van der Waals surface area contributed by atoms with Crippen LogP contribution in [0.2, 0.25) is 0 Å². The first-order valence-corrected chi connectivity index (χ1v) is 8.11. The zero-order valence-corrected chi connectivity index (χ0v) is 13.3. The van der Waals surface area contributed by atoms with Gasteiger partial charge in [-0.3, -0.25) is 0 Å². The van der Waals surface area contributed by atoms with Gasteiger partial charge in [-0.1, -0.05) is 34.1 Å². The average Bonchev–Trinajstić information content (AvgIpc) is 2.93. The minimum atomic E-state index is 0.529. The molecule has 1 aliphatic rings. The Morgan fingerprint density at radius 3 is 2.95 bits per heavy atom. The number of likely N-dealkylation sites (N-methyl/N-ethyl adjacent to an activating group) is 1. The SMILES string of the molecule is CNC(CCCC1CCCO1)Cc1ccccc1Br. The van der Waals surface area contributed by atoms with Crippen LogP contribution in [-0.4, -0.2) is 25.8 Å². The van der Waals surface area contributed by atoms with E-state index in [1.807, 2.05) is 0 Å². The summed E-state index contributed by atoms with van der Waals surface area (Å²) in [4.78, 5) is 0. The minimum absolute atomic E-state index is 0.529. The highest BCUT2D eigenvalue weighted by Crippen LogP contribution is 2.21. The van der Waals surface area contributed by atoms with Gasteiger partial charge in [-0.25, -0.2) is 0 Å². The molecule has 1 aliphatic heterocycles. The van der Waals surface area contributed by atoms with Gasteiger partial charge in [0.25, 0.3) is 0 Å². The summed E-state index contributed by atoms with van der Waals surface area (Å²) in [7, 11) is 2.06. The second-order valence-corrected chi connectivity index (χ2v) is 6.20.